The average molecular weight is 717 g/mol. The van der Waals surface area contributed by atoms with E-state index in [9.17, 15) is 4.79 Å². The minimum absolute atomic E-state index is 0.0359. The standard InChI is InChI=1S/C42H38F6N2O2/c1-24-35-22-29(40(41(43,44)45,42(46,47)48)28-12-20-33-25(2)50(39(7,8)9)26(3)36(33)23-28)13-21-34(35)37(51)49(24)30-14-18-32(19-15-30)52-31-16-10-27(11-17-31)38(4,5)6/h10-23H,1-3H2,4-9H3. The SMILES string of the molecule is C=C1c2cc(C(c3ccc4c(=C)n(C(C)(C)C)c(=C)c4c3)(C(F)(F)F)C(F)(F)F)ccc2C(=O)N1c1ccc(Oc2ccc(C(C)(C)C)cc2)cc1. The summed E-state index contributed by atoms with van der Waals surface area (Å²) in [5.74, 6) is 0.400. The maximum Gasteiger partial charge on any atom is 0.411 e. The summed E-state index contributed by atoms with van der Waals surface area (Å²) in [4.78, 5) is 14.8. The van der Waals surface area contributed by atoms with Crippen molar-refractivity contribution >= 4 is 41.2 Å². The molecule has 0 saturated heterocycles. The van der Waals surface area contributed by atoms with Crippen molar-refractivity contribution in [1.82, 2.24) is 4.57 Å². The van der Waals surface area contributed by atoms with Crippen LogP contribution in [0, 0.1) is 0 Å². The van der Waals surface area contributed by atoms with E-state index in [2.05, 4.69) is 40.5 Å². The van der Waals surface area contributed by atoms with Gasteiger partial charge in [0.15, 0.2) is 0 Å². The molecule has 4 aromatic carbocycles. The molecule has 4 nitrogen and oxygen atoms in total. The first kappa shape index (κ1) is 36.5. The van der Waals surface area contributed by atoms with E-state index >= 15 is 26.3 Å². The number of halogens is 6. The van der Waals surface area contributed by atoms with E-state index < -0.39 is 40.3 Å². The molecule has 2 heterocycles. The van der Waals surface area contributed by atoms with Crippen molar-refractivity contribution in [2.24, 2.45) is 0 Å². The predicted molar refractivity (Wildman–Crippen MR) is 194 cm³/mol. The highest BCUT2D eigenvalue weighted by Gasteiger charge is 2.72. The van der Waals surface area contributed by atoms with Crippen LogP contribution in [0.1, 0.15) is 74.2 Å². The highest BCUT2D eigenvalue weighted by molar-refractivity contribution is 6.22. The van der Waals surface area contributed by atoms with Gasteiger partial charge in [-0.05, 0) is 97.5 Å². The van der Waals surface area contributed by atoms with Crippen molar-refractivity contribution < 1.29 is 35.9 Å². The Morgan fingerprint density at radius 2 is 1.06 bits per heavy atom. The molecule has 52 heavy (non-hydrogen) atoms. The van der Waals surface area contributed by atoms with E-state index in [-0.39, 0.29) is 33.0 Å². The fourth-order valence-corrected chi connectivity index (χ4v) is 7.13. The Morgan fingerprint density at radius 1 is 0.577 bits per heavy atom. The van der Waals surface area contributed by atoms with Crippen LogP contribution < -0.4 is 20.3 Å². The van der Waals surface area contributed by atoms with Crippen LogP contribution in [0.2, 0.25) is 0 Å². The van der Waals surface area contributed by atoms with Crippen LogP contribution in [-0.2, 0) is 16.4 Å². The molecule has 0 aliphatic carbocycles. The summed E-state index contributed by atoms with van der Waals surface area (Å²) in [5.41, 5.74) is -6.07. The maximum atomic E-state index is 15.3. The van der Waals surface area contributed by atoms with Gasteiger partial charge in [0.05, 0.1) is 5.70 Å². The Kier molecular flexibility index (Phi) is 8.36. The molecule has 10 heteroatoms. The lowest BCUT2D eigenvalue weighted by atomic mass is 9.72. The number of hydrogen-bond acceptors (Lipinski definition) is 2. The highest BCUT2D eigenvalue weighted by Crippen LogP contribution is 2.57. The zero-order valence-corrected chi connectivity index (χ0v) is 29.7. The fourth-order valence-electron chi connectivity index (χ4n) is 7.13. The number of carbonyl (C=O) groups is 1. The fraction of sp³-hybridized carbons (Fsp3) is 0.262. The summed E-state index contributed by atoms with van der Waals surface area (Å²) in [6, 6.07) is 19.4. The summed E-state index contributed by atoms with van der Waals surface area (Å²) in [6.07, 6.45) is -11.7. The van der Waals surface area contributed by atoms with Gasteiger partial charge in [0, 0.05) is 43.8 Å². The predicted octanol–water partition coefficient (Wildman–Crippen LogP) is 10.3. The Hall–Kier alpha value is -5.25. The normalized spacial score (nSPS) is 14.3. The van der Waals surface area contributed by atoms with Crippen molar-refractivity contribution in [3.63, 3.8) is 0 Å². The number of anilines is 1. The number of carbonyl (C=O) groups excluding carboxylic acids is 1. The van der Waals surface area contributed by atoms with E-state index in [0.29, 0.717) is 27.9 Å². The molecule has 0 fully saturated rings. The van der Waals surface area contributed by atoms with Gasteiger partial charge in [0.25, 0.3) is 5.91 Å². The number of fused-ring (bicyclic) bond motifs is 2. The zero-order valence-electron chi connectivity index (χ0n) is 29.7. The van der Waals surface area contributed by atoms with Crippen LogP contribution in [-0.4, -0.2) is 22.8 Å². The first-order valence-electron chi connectivity index (χ1n) is 16.5. The van der Waals surface area contributed by atoms with Crippen LogP contribution in [0.25, 0.3) is 29.6 Å². The third kappa shape index (κ3) is 5.68. The first-order chi connectivity index (χ1) is 24.0. The van der Waals surface area contributed by atoms with Gasteiger partial charge >= 0.3 is 12.4 Å². The van der Waals surface area contributed by atoms with Crippen molar-refractivity contribution in [3.05, 3.63) is 130 Å². The lowest BCUT2D eigenvalue weighted by molar-refractivity contribution is -0.288. The molecule has 1 aliphatic rings. The molecule has 0 bridgehead atoms. The van der Waals surface area contributed by atoms with Gasteiger partial charge in [-0.3, -0.25) is 9.69 Å². The smallest absolute Gasteiger partial charge is 0.411 e. The van der Waals surface area contributed by atoms with Gasteiger partial charge in [-0.2, -0.15) is 26.3 Å². The minimum atomic E-state index is -5.85. The van der Waals surface area contributed by atoms with Gasteiger partial charge in [-0.15, -0.1) is 0 Å². The van der Waals surface area contributed by atoms with Crippen molar-refractivity contribution in [2.45, 2.75) is 70.3 Å². The summed E-state index contributed by atoms with van der Waals surface area (Å²) in [5, 5.41) is 1.17. The third-order valence-corrected chi connectivity index (χ3v) is 9.65. The Bertz CT molecular complexity index is 2320. The van der Waals surface area contributed by atoms with Gasteiger partial charge in [0.2, 0.25) is 5.41 Å². The molecule has 0 spiro atoms. The molecule has 5 aromatic rings. The van der Waals surface area contributed by atoms with Gasteiger partial charge < -0.3 is 9.30 Å². The molecule has 0 radical (unpaired) electrons. The largest absolute Gasteiger partial charge is 0.457 e. The molecule has 6 rings (SSSR count). The van der Waals surface area contributed by atoms with E-state index in [4.69, 9.17) is 4.74 Å². The zero-order chi connectivity index (χ0) is 38.3. The van der Waals surface area contributed by atoms with E-state index in [1.807, 2.05) is 45.0 Å². The summed E-state index contributed by atoms with van der Waals surface area (Å²) in [7, 11) is 0. The number of nitrogens with zero attached hydrogens (tertiary/aromatic N) is 2. The van der Waals surface area contributed by atoms with Crippen molar-refractivity contribution in [3.8, 4) is 11.5 Å². The summed E-state index contributed by atoms with van der Waals surface area (Å²) < 4.78 is 99.3. The second kappa shape index (κ2) is 11.9. The van der Waals surface area contributed by atoms with E-state index in [1.54, 1.807) is 28.8 Å². The lowest BCUT2D eigenvalue weighted by Gasteiger charge is -2.38. The molecule has 270 valence electrons. The quantitative estimate of drug-likeness (QED) is 0.170. The average Bonchev–Trinajstić information content (AvgIpc) is 3.43. The lowest BCUT2D eigenvalue weighted by Crippen LogP contribution is -2.54. The number of alkyl halides is 6. The number of ether oxygens (including phenoxy) is 1. The molecule has 1 amide bonds. The Balaban J connectivity index is 1.40. The Labute approximate surface area is 297 Å². The molecule has 1 aliphatic heterocycles. The van der Waals surface area contributed by atoms with Crippen LogP contribution in [0.3, 0.4) is 0 Å². The minimum Gasteiger partial charge on any atom is -0.457 e. The highest BCUT2D eigenvalue weighted by atomic mass is 19.4. The van der Waals surface area contributed by atoms with E-state index in [0.717, 1.165) is 40.8 Å². The van der Waals surface area contributed by atoms with Crippen LogP contribution in [0.15, 0.2) is 91.5 Å². The molecule has 0 unspecified atom stereocenters. The van der Waals surface area contributed by atoms with Gasteiger partial charge in [-0.25, -0.2) is 0 Å². The Morgan fingerprint density at radius 3 is 1.58 bits per heavy atom. The van der Waals surface area contributed by atoms with Crippen LogP contribution in [0.4, 0.5) is 32.0 Å². The summed E-state index contributed by atoms with van der Waals surface area (Å²) >= 11 is 0. The van der Waals surface area contributed by atoms with Crippen molar-refractivity contribution in [2.75, 3.05) is 4.90 Å². The second-order valence-corrected chi connectivity index (χ2v) is 15.1. The number of rotatable bonds is 5. The number of hydrogen-bond donors (Lipinski definition) is 0. The van der Waals surface area contributed by atoms with E-state index in [1.165, 1.54) is 6.07 Å². The topological polar surface area (TPSA) is 34.5 Å². The molecule has 1 aromatic heterocycles. The number of amides is 1. The van der Waals surface area contributed by atoms with Gasteiger partial charge in [0.1, 0.15) is 11.5 Å². The maximum absolute atomic E-state index is 15.3. The third-order valence-electron chi connectivity index (χ3n) is 9.65. The van der Waals surface area contributed by atoms with Crippen molar-refractivity contribution in [1.29, 1.82) is 0 Å². The number of benzene rings is 4. The molecule has 0 atom stereocenters. The monoisotopic (exact) mass is 716 g/mol. The first-order valence-corrected chi connectivity index (χ1v) is 16.5. The van der Waals surface area contributed by atoms with Crippen LogP contribution >= 0.6 is 0 Å². The second-order valence-electron chi connectivity index (χ2n) is 15.1. The van der Waals surface area contributed by atoms with Crippen LogP contribution in [0.5, 0.6) is 11.5 Å². The molecular weight excluding hydrogens is 678 g/mol. The molecular formula is C42H38F6N2O2. The summed E-state index contributed by atoms with van der Waals surface area (Å²) in [6.45, 7) is 23.7. The molecule has 0 N–H and O–H groups in total. The number of aromatic nitrogens is 1. The van der Waals surface area contributed by atoms with Gasteiger partial charge in [-0.1, -0.05) is 70.8 Å². The molecule has 0 saturated carbocycles.